The van der Waals surface area contributed by atoms with Gasteiger partial charge in [0.1, 0.15) is 11.9 Å². The number of ether oxygens (including phenoxy) is 1. The molecule has 1 fully saturated rings. The van der Waals surface area contributed by atoms with Crippen LogP contribution in [-0.4, -0.2) is 60.4 Å². The molecule has 2 aromatic heterocycles. The molecule has 1 amide bonds. The second kappa shape index (κ2) is 11.9. The van der Waals surface area contributed by atoms with Crippen molar-refractivity contribution >= 4 is 40.7 Å². The van der Waals surface area contributed by atoms with E-state index in [9.17, 15) is 4.79 Å². The molecule has 1 saturated heterocycles. The third kappa shape index (κ3) is 5.93. The van der Waals surface area contributed by atoms with Crippen LogP contribution in [0, 0.1) is 0 Å². The van der Waals surface area contributed by atoms with Gasteiger partial charge >= 0.3 is 0 Å². The van der Waals surface area contributed by atoms with Crippen molar-refractivity contribution in [3.63, 3.8) is 0 Å². The van der Waals surface area contributed by atoms with E-state index < -0.39 is 0 Å². The fourth-order valence-electron chi connectivity index (χ4n) is 4.94. The first-order valence-electron chi connectivity index (χ1n) is 13.0. The predicted molar refractivity (Wildman–Crippen MR) is 157 cm³/mol. The molecule has 0 atom stereocenters. The van der Waals surface area contributed by atoms with E-state index in [1.807, 2.05) is 47.4 Å². The number of nitrogens with one attached hydrogen (secondary N) is 1. The molecule has 0 aliphatic carbocycles. The zero-order valence-corrected chi connectivity index (χ0v) is 23.9. The van der Waals surface area contributed by atoms with Crippen molar-refractivity contribution in [2.45, 2.75) is 25.4 Å². The molecular weight excluding hydrogens is 585 g/mol. The lowest BCUT2D eigenvalue weighted by Crippen LogP contribution is -2.42. The molecule has 9 nitrogen and oxygen atoms in total. The van der Waals surface area contributed by atoms with E-state index in [2.05, 4.69) is 20.6 Å². The number of amides is 1. The Kier molecular flexibility index (Phi) is 7.91. The summed E-state index contributed by atoms with van der Waals surface area (Å²) in [6.45, 7) is 1.04. The number of rotatable bonds is 7. The van der Waals surface area contributed by atoms with E-state index >= 15 is 0 Å². The molecule has 208 valence electrons. The molecule has 12 heteroatoms. The molecule has 3 heterocycles. The highest BCUT2D eigenvalue weighted by atomic mass is 35.5. The van der Waals surface area contributed by atoms with Crippen LogP contribution in [0.15, 0.2) is 72.8 Å². The van der Waals surface area contributed by atoms with Gasteiger partial charge in [0.25, 0.3) is 5.91 Å². The molecular formula is C29H24Cl3N7O2. The maximum Gasteiger partial charge on any atom is 0.274 e. The Hall–Kier alpha value is -3.92. The van der Waals surface area contributed by atoms with Gasteiger partial charge in [-0.15, -0.1) is 10.2 Å². The number of likely N-dealkylation sites (tertiary alicyclic amines) is 1. The summed E-state index contributed by atoms with van der Waals surface area (Å²) in [6.07, 6.45) is 1.59. The molecule has 0 radical (unpaired) electrons. The second-order valence-electron chi connectivity index (χ2n) is 9.61. The van der Waals surface area contributed by atoms with Crippen LogP contribution in [0.3, 0.4) is 0 Å². The minimum Gasteiger partial charge on any atom is -0.490 e. The molecule has 41 heavy (non-hydrogen) atoms. The van der Waals surface area contributed by atoms with E-state index in [0.717, 1.165) is 11.3 Å². The smallest absolute Gasteiger partial charge is 0.274 e. The summed E-state index contributed by atoms with van der Waals surface area (Å²) >= 11 is 18.8. The zero-order valence-electron chi connectivity index (χ0n) is 21.7. The van der Waals surface area contributed by atoms with Crippen LogP contribution in [0.2, 0.25) is 15.1 Å². The summed E-state index contributed by atoms with van der Waals surface area (Å²) in [5, 5.41) is 21.1. The number of H-pyrrole nitrogens is 1. The van der Waals surface area contributed by atoms with Crippen molar-refractivity contribution in [2.75, 3.05) is 13.1 Å². The number of aromatic nitrogens is 6. The van der Waals surface area contributed by atoms with Crippen LogP contribution in [0.4, 0.5) is 0 Å². The molecule has 5 aromatic rings. The zero-order chi connectivity index (χ0) is 28.3. The number of para-hydroxylation sites is 1. The van der Waals surface area contributed by atoms with Gasteiger partial charge in [-0.25, -0.2) is 4.68 Å². The highest BCUT2D eigenvalue weighted by Crippen LogP contribution is 2.34. The van der Waals surface area contributed by atoms with Crippen LogP contribution in [0.25, 0.3) is 16.9 Å². The lowest BCUT2D eigenvalue weighted by atomic mass is 10.0. The summed E-state index contributed by atoms with van der Waals surface area (Å²) in [6, 6.07) is 22.0. The van der Waals surface area contributed by atoms with Crippen molar-refractivity contribution in [1.29, 1.82) is 0 Å². The maximum atomic E-state index is 14.1. The SMILES string of the molecule is O=C(c1nn(-c2ccccc2Cl)c(-c2ccc(Cl)cc2)c1Cc1nn[nH]n1)N1CCC(Oc2ccc(Cl)cc2)CC1. The standard InChI is InChI=1S/C29H24Cl3N7O2/c30-19-7-5-18(6-8-19)28-23(17-26-33-36-37-34-26)27(35-39(28)25-4-2-1-3-24(25)32)29(40)38-15-13-22(14-16-38)41-21-11-9-20(31)10-12-21/h1-12,22H,13-17H2,(H,33,34,36,37). The quantitative estimate of drug-likeness (QED) is 0.233. The first-order valence-corrected chi connectivity index (χ1v) is 14.2. The van der Waals surface area contributed by atoms with E-state index in [0.29, 0.717) is 69.5 Å². The number of benzene rings is 3. The van der Waals surface area contributed by atoms with E-state index in [1.165, 1.54) is 0 Å². The predicted octanol–water partition coefficient (Wildman–Crippen LogP) is 6.29. The highest BCUT2D eigenvalue weighted by molar-refractivity contribution is 6.32. The average molecular weight is 609 g/mol. The maximum absolute atomic E-state index is 14.1. The van der Waals surface area contributed by atoms with Crippen LogP contribution in [0.5, 0.6) is 5.75 Å². The van der Waals surface area contributed by atoms with Crippen LogP contribution < -0.4 is 4.74 Å². The lowest BCUT2D eigenvalue weighted by Gasteiger charge is -2.32. The molecule has 0 bridgehead atoms. The van der Waals surface area contributed by atoms with Gasteiger partial charge in [-0.3, -0.25) is 4.79 Å². The molecule has 1 aliphatic heterocycles. The number of halogens is 3. The number of hydrogen-bond acceptors (Lipinski definition) is 6. The van der Waals surface area contributed by atoms with E-state index in [-0.39, 0.29) is 18.4 Å². The molecule has 0 saturated carbocycles. The molecule has 1 N–H and O–H groups in total. The van der Waals surface area contributed by atoms with Crippen molar-refractivity contribution in [3.8, 4) is 22.7 Å². The van der Waals surface area contributed by atoms with Crippen molar-refractivity contribution < 1.29 is 9.53 Å². The average Bonchev–Trinajstić information content (AvgIpc) is 3.64. The summed E-state index contributed by atoms with van der Waals surface area (Å²) in [5.41, 5.74) is 3.12. The normalized spacial score (nSPS) is 13.9. The largest absolute Gasteiger partial charge is 0.490 e. The highest BCUT2D eigenvalue weighted by Gasteiger charge is 2.32. The third-order valence-electron chi connectivity index (χ3n) is 6.95. The van der Waals surface area contributed by atoms with Gasteiger partial charge in [-0.1, -0.05) is 64.3 Å². The number of carbonyl (C=O) groups is 1. The summed E-state index contributed by atoms with van der Waals surface area (Å²) < 4.78 is 7.84. The molecule has 0 spiro atoms. The Morgan fingerprint density at radius 3 is 2.27 bits per heavy atom. The Morgan fingerprint density at radius 1 is 0.927 bits per heavy atom. The first-order chi connectivity index (χ1) is 20.0. The van der Waals surface area contributed by atoms with E-state index in [1.54, 1.807) is 35.0 Å². The minimum absolute atomic E-state index is 0.00987. The minimum atomic E-state index is -0.186. The summed E-state index contributed by atoms with van der Waals surface area (Å²) in [7, 11) is 0. The lowest BCUT2D eigenvalue weighted by molar-refractivity contribution is 0.0589. The Balaban J connectivity index is 1.36. The monoisotopic (exact) mass is 607 g/mol. The van der Waals surface area contributed by atoms with Crippen LogP contribution >= 0.6 is 34.8 Å². The van der Waals surface area contributed by atoms with E-state index in [4.69, 9.17) is 44.6 Å². The van der Waals surface area contributed by atoms with Crippen LogP contribution in [-0.2, 0) is 6.42 Å². The van der Waals surface area contributed by atoms with Crippen molar-refractivity contribution in [1.82, 2.24) is 35.3 Å². The van der Waals surface area contributed by atoms with Crippen LogP contribution in [0.1, 0.15) is 34.7 Å². The van der Waals surface area contributed by atoms with Gasteiger partial charge in [0.05, 0.1) is 16.4 Å². The fourth-order valence-corrected chi connectivity index (χ4v) is 5.41. The Labute approximate surface area is 251 Å². The molecule has 0 unspecified atom stereocenters. The molecule has 1 aliphatic rings. The number of tetrazole rings is 1. The van der Waals surface area contributed by atoms with Gasteiger partial charge in [0.2, 0.25) is 0 Å². The van der Waals surface area contributed by atoms with Crippen molar-refractivity contribution in [3.05, 3.63) is 105 Å². The molecule has 6 rings (SSSR count). The van der Waals surface area contributed by atoms with Gasteiger partial charge in [-0.2, -0.15) is 10.3 Å². The number of carbonyl (C=O) groups excluding carboxylic acids is 1. The van der Waals surface area contributed by atoms with Gasteiger partial charge < -0.3 is 9.64 Å². The molecule has 3 aromatic carbocycles. The Morgan fingerprint density at radius 2 is 1.61 bits per heavy atom. The number of aromatic amines is 1. The summed E-state index contributed by atoms with van der Waals surface area (Å²) in [4.78, 5) is 15.9. The van der Waals surface area contributed by atoms with Crippen molar-refractivity contribution in [2.24, 2.45) is 0 Å². The third-order valence-corrected chi connectivity index (χ3v) is 7.78. The summed E-state index contributed by atoms with van der Waals surface area (Å²) in [5.74, 6) is 1.00. The van der Waals surface area contributed by atoms with Gasteiger partial charge in [0, 0.05) is 53.5 Å². The number of piperidine rings is 1. The number of nitrogens with zero attached hydrogens (tertiary/aromatic N) is 6. The van der Waals surface area contributed by atoms with Gasteiger partial charge in [0.15, 0.2) is 11.5 Å². The van der Waals surface area contributed by atoms with Gasteiger partial charge in [-0.05, 0) is 48.5 Å². The first kappa shape index (κ1) is 27.3. The topological polar surface area (TPSA) is 102 Å². The second-order valence-corrected chi connectivity index (χ2v) is 10.9. The Bertz CT molecular complexity index is 1650. The number of hydrogen-bond donors (Lipinski definition) is 1. The fraction of sp³-hybridized carbons (Fsp3) is 0.207.